The fraction of sp³-hybridized carbons (Fsp3) is 0.442. The van der Waals surface area contributed by atoms with Crippen molar-refractivity contribution in [1.29, 1.82) is 0 Å². The molecule has 1 heterocycles. The van der Waals surface area contributed by atoms with Gasteiger partial charge in [0.05, 0.1) is 6.10 Å². The Morgan fingerprint density at radius 1 is 0.745 bits per heavy atom. The van der Waals surface area contributed by atoms with Crippen molar-refractivity contribution in [2.75, 3.05) is 0 Å². The highest BCUT2D eigenvalue weighted by atomic mass is 19.1. The molecule has 0 aliphatic heterocycles. The molecule has 2 atom stereocenters. The lowest BCUT2D eigenvalue weighted by Gasteiger charge is -2.22. The molecule has 4 aromatic rings. The highest BCUT2D eigenvalue weighted by Crippen LogP contribution is 2.34. The maximum Gasteiger partial charge on any atom is 0.159 e. The molecule has 3 aromatic carbocycles. The summed E-state index contributed by atoms with van der Waals surface area (Å²) in [6.45, 7) is 6.65. The average molecular weight is 633 g/mol. The van der Waals surface area contributed by atoms with Gasteiger partial charge in [0.1, 0.15) is 11.6 Å². The summed E-state index contributed by atoms with van der Waals surface area (Å²) >= 11 is 0. The van der Waals surface area contributed by atoms with Crippen LogP contribution in [0.3, 0.4) is 0 Å². The molecular formula is C43H53FN2O. The summed E-state index contributed by atoms with van der Waals surface area (Å²) in [4.78, 5) is 9.29. The van der Waals surface area contributed by atoms with E-state index in [2.05, 4.69) is 48.9 Å². The SMILES string of the molecule is CCCCCCCC1=CCC(c2cnc(-c3ccc(-c4ccc(-c5ccc(OC(C)CCCCCC)cc5)cc4)c(F)c3)nc2)CC1. The van der Waals surface area contributed by atoms with Crippen molar-refractivity contribution in [3.8, 4) is 39.4 Å². The molecule has 2 unspecified atom stereocenters. The monoisotopic (exact) mass is 632 g/mol. The topological polar surface area (TPSA) is 35.0 Å². The summed E-state index contributed by atoms with van der Waals surface area (Å²) in [6.07, 6.45) is 24.0. The Morgan fingerprint density at radius 3 is 2.00 bits per heavy atom. The summed E-state index contributed by atoms with van der Waals surface area (Å²) in [6, 6.07) is 21.6. The Hall–Kier alpha value is -3.79. The zero-order valence-corrected chi connectivity index (χ0v) is 28.8. The number of rotatable bonds is 17. The van der Waals surface area contributed by atoms with Crippen molar-refractivity contribution in [3.63, 3.8) is 0 Å². The van der Waals surface area contributed by atoms with Crippen molar-refractivity contribution < 1.29 is 9.13 Å². The number of benzene rings is 3. The van der Waals surface area contributed by atoms with Gasteiger partial charge in [0.15, 0.2) is 5.82 Å². The highest BCUT2D eigenvalue weighted by molar-refractivity contribution is 5.72. The van der Waals surface area contributed by atoms with Gasteiger partial charge in [-0.1, -0.05) is 119 Å². The maximum absolute atomic E-state index is 15.4. The largest absolute Gasteiger partial charge is 0.491 e. The Labute approximate surface area is 282 Å². The molecule has 0 spiro atoms. The summed E-state index contributed by atoms with van der Waals surface area (Å²) < 4.78 is 21.5. The molecule has 0 fully saturated rings. The quantitative estimate of drug-likeness (QED) is 0.0858. The van der Waals surface area contributed by atoms with Gasteiger partial charge >= 0.3 is 0 Å². The molecule has 0 saturated heterocycles. The lowest BCUT2D eigenvalue weighted by Crippen LogP contribution is -2.11. The van der Waals surface area contributed by atoms with Crippen LogP contribution in [0, 0.1) is 5.82 Å². The van der Waals surface area contributed by atoms with Crippen LogP contribution in [-0.2, 0) is 0 Å². The smallest absolute Gasteiger partial charge is 0.159 e. The Morgan fingerprint density at radius 2 is 1.36 bits per heavy atom. The fourth-order valence-corrected chi connectivity index (χ4v) is 6.68. The second-order valence-corrected chi connectivity index (χ2v) is 13.4. The highest BCUT2D eigenvalue weighted by Gasteiger charge is 2.18. The third kappa shape index (κ3) is 10.1. The predicted octanol–water partition coefficient (Wildman–Crippen LogP) is 12.9. The standard InChI is InChI=1S/C43H53FN2O/c1-4-6-8-10-12-14-33-15-17-36(18-16-33)39-30-45-43(46-31-39)38-25-28-41(42(44)29-38)37-21-19-34(20-22-37)35-23-26-40(27-24-35)47-32(3)13-11-9-7-5-2/h15,19-32,36H,4-14,16-18H2,1-3H3. The first-order chi connectivity index (χ1) is 23.0. The summed E-state index contributed by atoms with van der Waals surface area (Å²) in [5.41, 5.74) is 7.11. The van der Waals surface area contributed by atoms with Crippen molar-refractivity contribution in [1.82, 2.24) is 9.97 Å². The van der Waals surface area contributed by atoms with Crippen LogP contribution in [0.25, 0.3) is 33.6 Å². The number of aromatic nitrogens is 2. The van der Waals surface area contributed by atoms with Gasteiger partial charge in [0, 0.05) is 23.5 Å². The molecule has 5 rings (SSSR count). The van der Waals surface area contributed by atoms with Crippen LogP contribution in [0.1, 0.15) is 122 Å². The second kappa shape index (κ2) is 17.9. The molecule has 0 amide bonds. The van der Waals surface area contributed by atoms with Gasteiger partial charge in [-0.2, -0.15) is 0 Å². The van der Waals surface area contributed by atoms with E-state index in [0.717, 1.165) is 41.7 Å². The van der Waals surface area contributed by atoms with E-state index >= 15 is 4.39 Å². The van der Waals surface area contributed by atoms with E-state index in [0.29, 0.717) is 22.9 Å². The number of ether oxygens (including phenoxy) is 1. The van der Waals surface area contributed by atoms with Crippen LogP contribution in [0.15, 0.2) is 90.8 Å². The lowest BCUT2D eigenvalue weighted by atomic mass is 9.84. The molecule has 3 nitrogen and oxygen atoms in total. The number of hydrogen-bond donors (Lipinski definition) is 0. The number of unbranched alkanes of at least 4 members (excludes halogenated alkanes) is 7. The van der Waals surface area contributed by atoms with E-state index < -0.39 is 0 Å². The second-order valence-electron chi connectivity index (χ2n) is 13.4. The molecule has 0 radical (unpaired) electrons. The van der Waals surface area contributed by atoms with E-state index in [1.807, 2.05) is 60.9 Å². The molecule has 0 N–H and O–H groups in total. The first-order valence-corrected chi connectivity index (χ1v) is 18.2. The Bertz CT molecular complexity index is 1540. The number of halogens is 1. The van der Waals surface area contributed by atoms with E-state index in [-0.39, 0.29) is 11.9 Å². The third-order valence-electron chi connectivity index (χ3n) is 9.66. The molecule has 1 aromatic heterocycles. The minimum absolute atomic E-state index is 0.214. The first-order valence-electron chi connectivity index (χ1n) is 18.2. The zero-order chi connectivity index (χ0) is 32.8. The van der Waals surface area contributed by atoms with Gasteiger partial charge in [0.25, 0.3) is 0 Å². The van der Waals surface area contributed by atoms with E-state index in [4.69, 9.17) is 4.74 Å². The Balaban J connectivity index is 1.15. The van der Waals surface area contributed by atoms with Crippen LogP contribution in [-0.4, -0.2) is 16.1 Å². The van der Waals surface area contributed by atoms with E-state index in [9.17, 15) is 0 Å². The van der Waals surface area contributed by atoms with Crippen molar-refractivity contribution in [2.24, 2.45) is 0 Å². The van der Waals surface area contributed by atoms with E-state index in [1.54, 1.807) is 11.6 Å². The average Bonchev–Trinajstić information content (AvgIpc) is 3.11. The molecule has 1 aliphatic carbocycles. The predicted molar refractivity (Wildman–Crippen MR) is 195 cm³/mol. The first kappa shape index (κ1) is 34.5. The normalized spacial score (nSPS) is 15.3. The van der Waals surface area contributed by atoms with Crippen molar-refractivity contribution >= 4 is 0 Å². The van der Waals surface area contributed by atoms with Gasteiger partial charge in [-0.3, -0.25) is 0 Å². The minimum Gasteiger partial charge on any atom is -0.491 e. The maximum atomic E-state index is 15.4. The Kier molecular flexibility index (Phi) is 13.2. The van der Waals surface area contributed by atoms with Gasteiger partial charge in [-0.15, -0.1) is 0 Å². The molecule has 248 valence electrons. The molecule has 1 aliphatic rings. The van der Waals surface area contributed by atoms with Gasteiger partial charge < -0.3 is 4.74 Å². The molecular weight excluding hydrogens is 579 g/mol. The lowest BCUT2D eigenvalue weighted by molar-refractivity contribution is 0.206. The molecule has 4 heteroatoms. The third-order valence-corrected chi connectivity index (χ3v) is 9.66. The zero-order valence-electron chi connectivity index (χ0n) is 28.8. The number of allylic oxidation sites excluding steroid dienone is 2. The van der Waals surface area contributed by atoms with Crippen molar-refractivity contribution in [2.45, 2.75) is 123 Å². The van der Waals surface area contributed by atoms with Gasteiger partial charge in [0.2, 0.25) is 0 Å². The van der Waals surface area contributed by atoms with Crippen molar-refractivity contribution in [3.05, 3.63) is 102 Å². The summed E-state index contributed by atoms with van der Waals surface area (Å²) in [5.74, 6) is 1.66. The van der Waals surface area contributed by atoms with Gasteiger partial charge in [-0.25, -0.2) is 14.4 Å². The minimum atomic E-state index is -0.270. The van der Waals surface area contributed by atoms with Crippen LogP contribution in [0.2, 0.25) is 0 Å². The fourth-order valence-electron chi connectivity index (χ4n) is 6.68. The summed E-state index contributed by atoms with van der Waals surface area (Å²) in [5, 5.41) is 0. The van der Waals surface area contributed by atoms with Crippen LogP contribution in [0.4, 0.5) is 4.39 Å². The van der Waals surface area contributed by atoms with Crippen LogP contribution in [0.5, 0.6) is 5.75 Å². The molecule has 47 heavy (non-hydrogen) atoms. The molecule has 0 saturated carbocycles. The van der Waals surface area contributed by atoms with Crippen LogP contribution >= 0.6 is 0 Å². The number of nitrogens with zero attached hydrogens (tertiary/aromatic N) is 2. The van der Waals surface area contributed by atoms with Gasteiger partial charge in [-0.05, 0) is 98.2 Å². The van der Waals surface area contributed by atoms with E-state index in [1.165, 1.54) is 76.2 Å². The molecule has 0 bridgehead atoms. The summed E-state index contributed by atoms with van der Waals surface area (Å²) in [7, 11) is 0. The number of hydrogen-bond acceptors (Lipinski definition) is 3. The van der Waals surface area contributed by atoms with Crippen LogP contribution < -0.4 is 4.74 Å².